The first-order valence-corrected chi connectivity index (χ1v) is 16.5. The van der Waals surface area contributed by atoms with E-state index < -0.39 is 16.6 Å². The summed E-state index contributed by atoms with van der Waals surface area (Å²) in [7, 11) is -3.73. The molecule has 0 bridgehead atoms. The summed E-state index contributed by atoms with van der Waals surface area (Å²) >= 11 is 0. The highest BCUT2D eigenvalue weighted by molar-refractivity contribution is 6.74. The molecule has 0 rings (SSSR count). The predicted octanol–water partition coefficient (Wildman–Crippen LogP) is 6.85. The van der Waals surface area contributed by atoms with E-state index in [1.165, 1.54) is 0 Å². The van der Waals surface area contributed by atoms with E-state index in [2.05, 4.69) is 74.3 Å². The monoisotopic (exact) mass is 442 g/mol. The predicted molar refractivity (Wildman–Crippen MR) is 129 cm³/mol. The highest BCUT2D eigenvalue weighted by Crippen LogP contribution is 2.39. The van der Waals surface area contributed by atoms with Crippen LogP contribution in [0.4, 0.5) is 0 Å². The largest absolute Gasteiger partial charge is 0.458 e. The third-order valence-electron chi connectivity index (χ3n) is 6.32. The first-order valence-electron chi connectivity index (χ1n) is 10.7. The molecule has 1 atom stereocenters. The molecular weight excluding hydrogens is 396 g/mol. The molecule has 0 aliphatic heterocycles. The summed E-state index contributed by atoms with van der Waals surface area (Å²) in [5.41, 5.74) is 0.913. The van der Waals surface area contributed by atoms with Gasteiger partial charge in [0.2, 0.25) is 0 Å². The van der Waals surface area contributed by atoms with Crippen LogP contribution in [-0.2, 0) is 18.4 Å². The van der Waals surface area contributed by atoms with Crippen LogP contribution in [0.3, 0.4) is 0 Å². The van der Waals surface area contributed by atoms with E-state index in [1.807, 2.05) is 6.92 Å². The van der Waals surface area contributed by atoms with Gasteiger partial charge < -0.3 is 13.6 Å². The van der Waals surface area contributed by atoms with Crippen LogP contribution in [0, 0.1) is 0 Å². The van der Waals surface area contributed by atoms with Gasteiger partial charge in [0.05, 0.1) is 6.10 Å². The fourth-order valence-electron chi connectivity index (χ4n) is 2.19. The summed E-state index contributed by atoms with van der Waals surface area (Å²) in [6.45, 7) is 29.0. The highest BCUT2D eigenvalue weighted by atomic mass is 28.4. The van der Waals surface area contributed by atoms with E-state index in [9.17, 15) is 4.79 Å². The Kier molecular flexibility index (Phi) is 10.8. The smallest absolute Gasteiger partial charge is 0.331 e. The van der Waals surface area contributed by atoms with Crippen LogP contribution in [0.1, 0.15) is 61.3 Å². The maximum Gasteiger partial charge on any atom is 0.331 e. The summed E-state index contributed by atoms with van der Waals surface area (Å²) in [5, 5.41) is 0.307. The lowest BCUT2D eigenvalue weighted by atomic mass is 10.1. The lowest BCUT2D eigenvalue weighted by molar-refractivity contribution is -0.136. The van der Waals surface area contributed by atoms with E-state index in [1.54, 1.807) is 12.2 Å². The molecule has 0 aromatic carbocycles. The third-order valence-corrected chi connectivity index (χ3v) is 15.3. The molecule has 29 heavy (non-hydrogen) atoms. The van der Waals surface area contributed by atoms with Crippen LogP contribution in [-0.4, -0.2) is 41.9 Å². The zero-order valence-corrected chi connectivity index (χ0v) is 22.9. The molecule has 0 aliphatic rings. The molecule has 1 unspecified atom stereocenters. The molecule has 0 aromatic heterocycles. The van der Waals surface area contributed by atoms with Gasteiger partial charge in [-0.25, -0.2) is 4.79 Å². The Labute approximate surface area is 182 Å². The van der Waals surface area contributed by atoms with Gasteiger partial charge in [0.1, 0.15) is 6.61 Å². The molecule has 0 radical (unpaired) electrons. The molecule has 0 fully saturated rings. The van der Waals surface area contributed by atoms with E-state index in [4.69, 9.17) is 13.6 Å². The summed E-state index contributed by atoms with van der Waals surface area (Å²) in [6.07, 6.45) is 4.77. The Morgan fingerprint density at radius 2 is 1.52 bits per heavy atom. The third kappa shape index (κ3) is 9.77. The lowest BCUT2D eigenvalue weighted by Gasteiger charge is -2.40. The van der Waals surface area contributed by atoms with Crippen LogP contribution >= 0.6 is 0 Å². The van der Waals surface area contributed by atoms with Crippen molar-refractivity contribution >= 4 is 22.6 Å². The van der Waals surface area contributed by atoms with Gasteiger partial charge in [0.15, 0.2) is 16.6 Å². The maximum absolute atomic E-state index is 12.0. The van der Waals surface area contributed by atoms with E-state index in [0.717, 1.165) is 25.0 Å². The summed E-state index contributed by atoms with van der Waals surface area (Å²) in [4.78, 5) is 12.0. The molecule has 0 aliphatic carbocycles. The molecule has 170 valence electrons. The minimum atomic E-state index is -1.98. The van der Waals surface area contributed by atoms with Crippen molar-refractivity contribution in [1.29, 1.82) is 0 Å². The standard InChI is InChI=1S/C23H46O4Si2/c1-13-16-25-21(24)18-19(2)20(27-29(11,12)23(6,7)8)15-14-17-26-28(9,10)22(3,4)5/h13,18,20H,1,14-17H2,2-12H3/b19-18-. The Morgan fingerprint density at radius 3 is 1.97 bits per heavy atom. The maximum atomic E-state index is 12.0. The summed E-state index contributed by atoms with van der Waals surface area (Å²) < 4.78 is 18.1. The van der Waals surface area contributed by atoms with Crippen molar-refractivity contribution in [3.05, 3.63) is 24.3 Å². The SMILES string of the molecule is C=CCOC(=O)/C=C(/C)C(CCCO[Si](C)(C)C(C)(C)C)O[Si](C)(C)C(C)(C)C. The van der Waals surface area contributed by atoms with Crippen LogP contribution in [0.2, 0.25) is 36.3 Å². The molecule has 0 aromatic rings. The molecule has 4 nitrogen and oxygen atoms in total. The van der Waals surface area contributed by atoms with Crippen LogP contribution < -0.4 is 0 Å². The number of carbonyl (C=O) groups is 1. The molecular formula is C23H46O4Si2. The Hall–Kier alpha value is -0.696. The Bertz CT molecular complexity index is 566. The van der Waals surface area contributed by atoms with Crippen molar-refractivity contribution in [1.82, 2.24) is 0 Å². The van der Waals surface area contributed by atoms with E-state index in [0.29, 0.717) is 0 Å². The number of esters is 1. The van der Waals surface area contributed by atoms with E-state index in [-0.39, 0.29) is 28.8 Å². The average Bonchev–Trinajstić information content (AvgIpc) is 2.53. The highest BCUT2D eigenvalue weighted by Gasteiger charge is 2.40. The minimum Gasteiger partial charge on any atom is -0.458 e. The van der Waals surface area contributed by atoms with Crippen LogP contribution in [0.5, 0.6) is 0 Å². The van der Waals surface area contributed by atoms with E-state index >= 15 is 0 Å². The van der Waals surface area contributed by atoms with Crippen molar-refractivity contribution in [2.24, 2.45) is 0 Å². The molecule has 6 heteroatoms. The number of ether oxygens (including phenoxy) is 1. The van der Waals surface area contributed by atoms with Crippen molar-refractivity contribution in [2.75, 3.05) is 13.2 Å². The Morgan fingerprint density at radius 1 is 1.00 bits per heavy atom. The zero-order valence-electron chi connectivity index (χ0n) is 20.9. The van der Waals surface area contributed by atoms with Crippen LogP contribution in [0.15, 0.2) is 24.3 Å². The zero-order chi connectivity index (χ0) is 23.1. The molecule has 0 amide bonds. The number of carbonyl (C=O) groups excluding carboxylic acids is 1. The van der Waals surface area contributed by atoms with Gasteiger partial charge in [-0.2, -0.15) is 0 Å². The molecule has 0 saturated carbocycles. The van der Waals surface area contributed by atoms with Gasteiger partial charge in [-0.1, -0.05) is 54.2 Å². The topological polar surface area (TPSA) is 44.8 Å². The molecule has 0 saturated heterocycles. The quantitative estimate of drug-likeness (QED) is 0.115. The molecule has 0 spiro atoms. The summed E-state index contributed by atoms with van der Waals surface area (Å²) in [5.74, 6) is -0.344. The number of hydrogen-bond acceptors (Lipinski definition) is 4. The second-order valence-corrected chi connectivity index (χ2v) is 20.5. The minimum absolute atomic E-state index is 0.102. The lowest BCUT2D eigenvalue weighted by Crippen LogP contribution is -2.44. The van der Waals surface area contributed by atoms with Gasteiger partial charge in [0, 0.05) is 12.7 Å². The normalized spacial score (nSPS) is 15.2. The van der Waals surface area contributed by atoms with Crippen molar-refractivity contribution in [3.63, 3.8) is 0 Å². The average molecular weight is 443 g/mol. The summed E-state index contributed by atoms with van der Waals surface area (Å²) in [6, 6.07) is 0. The van der Waals surface area contributed by atoms with Gasteiger partial charge in [-0.15, -0.1) is 0 Å². The van der Waals surface area contributed by atoms with Gasteiger partial charge in [-0.05, 0) is 61.6 Å². The van der Waals surface area contributed by atoms with Gasteiger partial charge in [-0.3, -0.25) is 0 Å². The number of rotatable bonds is 11. The fourth-order valence-corrected chi connectivity index (χ4v) is 4.64. The molecule has 0 N–H and O–H groups in total. The van der Waals surface area contributed by atoms with Crippen molar-refractivity contribution < 1.29 is 18.4 Å². The first kappa shape index (κ1) is 28.3. The molecule has 0 heterocycles. The second kappa shape index (κ2) is 11.1. The van der Waals surface area contributed by atoms with Crippen molar-refractivity contribution in [2.45, 2.75) is 104 Å². The Balaban J connectivity index is 5.22. The second-order valence-electron chi connectivity index (χ2n) is 10.9. The van der Waals surface area contributed by atoms with Gasteiger partial charge in [0.25, 0.3) is 0 Å². The fraction of sp³-hybridized carbons (Fsp3) is 0.783. The van der Waals surface area contributed by atoms with Crippen molar-refractivity contribution in [3.8, 4) is 0 Å². The first-order chi connectivity index (χ1) is 12.9. The van der Waals surface area contributed by atoms with Gasteiger partial charge >= 0.3 is 5.97 Å². The van der Waals surface area contributed by atoms with Crippen LogP contribution in [0.25, 0.3) is 0 Å². The number of hydrogen-bond donors (Lipinski definition) is 0.